The number of carbonyl (C=O) groups excluding carboxylic acids is 2. The van der Waals surface area contributed by atoms with Gasteiger partial charge in [-0.15, -0.1) is 0 Å². The summed E-state index contributed by atoms with van der Waals surface area (Å²) < 4.78 is 10.3. The first kappa shape index (κ1) is 17.1. The first-order valence-corrected chi connectivity index (χ1v) is 7.06. The van der Waals surface area contributed by atoms with E-state index >= 15 is 0 Å². The second-order valence-corrected chi connectivity index (χ2v) is 4.90. The number of nitrogens with zero attached hydrogens (tertiary/aromatic N) is 1. The molecule has 2 N–H and O–H groups in total. The van der Waals surface area contributed by atoms with Crippen molar-refractivity contribution in [2.24, 2.45) is 0 Å². The zero-order valence-electron chi connectivity index (χ0n) is 13.6. The van der Waals surface area contributed by atoms with Gasteiger partial charge in [0.25, 0.3) is 0 Å². The molecule has 0 aliphatic carbocycles. The number of hydrogen-bond acceptors (Lipinski definition) is 5. The number of anilines is 2. The maximum absolute atomic E-state index is 12.2. The van der Waals surface area contributed by atoms with Gasteiger partial charge < -0.3 is 24.8 Å². The van der Waals surface area contributed by atoms with Crippen LogP contribution in [0, 0.1) is 0 Å². The highest BCUT2D eigenvalue weighted by atomic mass is 16.5. The van der Waals surface area contributed by atoms with Crippen LogP contribution in [0.5, 0.6) is 17.2 Å². The molecule has 2 aromatic carbocycles. The van der Waals surface area contributed by atoms with E-state index in [1.807, 2.05) is 0 Å². The number of amides is 2. The summed E-state index contributed by atoms with van der Waals surface area (Å²) in [7, 11) is 4.44. The third kappa shape index (κ3) is 3.75. The van der Waals surface area contributed by atoms with Gasteiger partial charge in [-0.05, 0) is 36.4 Å². The number of aromatic hydroxyl groups is 1. The minimum absolute atomic E-state index is 0.0759. The van der Waals surface area contributed by atoms with Gasteiger partial charge in [0.1, 0.15) is 17.2 Å². The molecule has 7 nitrogen and oxygen atoms in total. The van der Waals surface area contributed by atoms with Gasteiger partial charge in [-0.25, -0.2) is 0 Å². The van der Waals surface area contributed by atoms with E-state index in [0.29, 0.717) is 22.9 Å². The van der Waals surface area contributed by atoms with E-state index in [9.17, 15) is 14.7 Å². The molecule has 0 aliphatic rings. The Morgan fingerprint density at radius 1 is 1.04 bits per heavy atom. The van der Waals surface area contributed by atoms with Gasteiger partial charge in [0.05, 0.1) is 19.9 Å². The number of phenolic OH excluding ortho intramolecular Hbond substituents is 1. The molecular weight excluding hydrogens is 312 g/mol. The summed E-state index contributed by atoms with van der Waals surface area (Å²) in [5.41, 5.74) is 0.838. The van der Waals surface area contributed by atoms with Crippen molar-refractivity contribution < 1.29 is 24.2 Å². The van der Waals surface area contributed by atoms with Crippen LogP contribution in [0.4, 0.5) is 11.4 Å². The Kier molecular flexibility index (Phi) is 5.26. The summed E-state index contributed by atoms with van der Waals surface area (Å²) in [6.07, 6.45) is 0. The molecular formula is C17H18N2O5. The highest BCUT2D eigenvalue weighted by Crippen LogP contribution is 2.29. The van der Waals surface area contributed by atoms with Crippen LogP contribution >= 0.6 is 0 Å². The van der Waals surface area contributed by atoms with Crippen molar-refractivity contribution in [1.29, 1.82) is 0 Å². The van der Waals surface area contributed by atoms with Crippen LogP contribution in [-0.4, -0.2) is 38.2 Å². The predicted octanol–water partition coefficient (Wildman–Crippen LogP) is 2.01. The standard InChI is InChI=1S/C17H18N2O5/c1-19(11-4-6-12(20)7-5-11)17(22)16(21)18-14-9-8-13(23-2)10-15(14)24-3/h4-10,20H,1-3H3,(H,18,21). The number of phenols is 1. The number of ether oxygens (including phenoxy) is 2. The molecule has 2 rings (SSSR count). The van der Waals surface area contributed by atoms with Crippen LogP contribution in [-0.2, 0) is 9.59 Å². The minimum Gasteiger partial charge on any atom is -0.508 e. The van der Waals surface area contributed by atoms with Gasteiger partial charge in [-0.3, -0.25) is 9.59 Å². The number of rotatable bonds is 4. The van der Waals surface area contributed by atoms with Gasteiger partial charge in [0.15, 0.2) is 0 Å². The van der Waals surface area contributed by atoms with Crippen LogP contribution in [0.25, 0.3) is 0 Å². The maximum Gasteiger partial charge on any atom is 0.316 e. The molecule has 126 valence electrons. The third-order valence-corrected chi connectivity index (χ3v) is 3.39. The number of hydrogen-bond donors (Lipinski definition) is 2. The van der Waals surface area contributed by atoms with Crippen molar-refractivity contribution in [2.45, 2.75) is 0 Å². The zero-order valence-corrected chi connectivity index (χ0v) is 13.6. The molecule has 0 saturated carbocycles. The van der Waals surface area contributed by atoms with Gasteiger partial charge in [-0.1, -0.05) is 0 Å². The van der Waals surface area contributed by atoms with Crippen molar-refractivity contribution in [3.8, 4) is 17.2 Å². The molecule has 0 unspecified atom stereocenters. The van der Waals surface area contributed by atoms with Gasteiger partial charge in [0.2, 0.25) is 0 Å². The number of benzene rings is 2. The average molecular weight is 330 g/mol. The molecule has 0 radical (unpaired) electrons. The molecule has 2 aromatic rings. The smallest absolute Gasteiger partial charge is 0.316 e. The number of methoxy groups -OCH3 is 2. The Bertz CT molecular complexity index is 743. The second-order valence-electron chi connectivity index (χ2n) is 4.90. The van der Waals surface area contributed by atoms with E-state index < -0.39 is 11.8 Å². The second kappa shape index (κ2) is 7.36. The SMILES string of the molecule is COc1ccc(NC(=O)C(=O)N(C)c2ccc(O)cc2)c(OC)c1. The molecule has 0 fully saturated rings. The Morgan fingerprint density at radius 2 is 1.71 bits per heavy atom. The topological polar surface area (TPSA) is 88.1 Å². The van der Waals surface area contributed by atoms with Crippen molar-refractivity contribution in [2.75, 3.05) is 31.5 Å². The molecule has 0 aromatic heterocycles. The minimum atomic E-state index is -0.811. The first-order chi connectivity index (χ1) is 11.5. The zero-order chi connectivity index (χ0) is 17.7. The van der Waals surface area contributed by atoms with Gasteiger partial charge >= 0.3 is 11.8 Å². The van der Waals surface area contributed by atoms with Gasteiger partial charge in [0, 0.05) is 18.8 Å². The van der Waals surface area contributed by atoms with Crippen molar-refractivity contribution in [3.05, 3.63) is 42.5 Å². The van der Waals surface area contributed by atoms with Crippen LogP contribution < -0.4 is 19.7 Å². The monoisotopic (exact) mass is 330 g/mol. The molecule has 2 amide bonds. The lowest BCUT2D eigenvalue weighted by Gasteiger charge is -2.17. The van der Waals surface area contributed by atoms with Crippen LogP contribution in [0.1, 0.15) is 0 Å². The normalized spacial score (nSPS) is 9.96. The summed E-state index contributed by atoms with van der Waals surface area (Å²) in [5.74, 6) is -0.542. The first-order valence-electron chi connectivity index (χ1n) is 7.06. The summed E-state index contributed by atoms with van der Waals surface area (Å²) >= 11 is 0. The molecule has 0 spiro atoms. The summed E-state index contributed by atoms with van der Waals surface area (Å²) in [5, 5.41) is 11.8. The third-order valence-electron chi connectivity index (χ3n) is 3.39. The largest absolute Gasteiger partial charge is 0.508 e. The van der Waals surface area contributed by atoms with Crippen molar-refractivity contribution in [1.82, 2.24) is 0 Å². The van der Waals surface area contributed by atoms with Crippen LogP contribution in [0.3, 0.4) is 0 Å². The van der Waals surface area contributed by atoms with Crippen LogP contribution in [0.2, 0.25) is 0 Å². The number of carbonyl (C=O) groups is 2. The molecule has 24 heavy (non-hydrogen) atoms. The quantitative estimate of drug-likeness (QED) is 0.837. The Morgan fingerprint density at radius 3 is 2.29 bits per heavy atom. The predicted molar refractivity (Wildman–Crippen MR) is 89.7 cm³/mol. The Labute approximate surface area is 139 Å². The lowest BCUT2D eigenvalue weighted by Crippen LogP contribution is -2.37. The highest BCUT2D eigenvalue weighted by Gasteiger charge is 2.21. The highest BCUT2D eigenvalue weighted by molar-refractivity contribution is 6.44. The van der Waals surface area contributed by atoms with E-state index in [1.54, 1.807) is 18.2 Å². The summed E-state index contributed by atoms with van der Waals surface area (Å²) in [4.78, 5) is 25.6. The van der Waals surface area contributed by atoms with E-state index in [1.165, 1.54) is 50.4 Å². The average Bonchev–Trinajstić information content (AvgIpc) is 2.61. The molecule has 0 heterocycles. The number of nitrogens with one attached hydrogen (secondary N) is 1. The molecule has 0 aliphatic heterocycles. The molecule has 7 heteroatoms. The number of likely N-dealkylation sites (N-methyl/N-ethyl adjacent to an activating group) is 1. The fraction of sp³-hybridized carbons (Fsp3) is 0.176. The van der Waals surface area contributed by atoms with Gasteiger partial charge in [-0.2, -0.15) is 0 Å². The van der Waals surface area contributed by atoms with E-state index in [4.69, 9.17) is 9.47 Å². The Hall–Kier alpha value is -3.22. The van der Waals surface area contributed by atoms with Crippen LogP contribution in [0.15, 0.2) is 42.5 Å². The summed E-state index contributed by atoms with van der Waals surface area (Å²) in [6.45, 7) is 0. The van der Waals surface area contributed by atoms with Crippen molar-refractivity contribution in [3.63, 3.8) is 0 Å². The fourth-order valence-corrected chi connectivity index (χ4v) is 2.02. The lowest BCUT2D eigenvalue weighted by atomic mass is 10.2. The summed E-state index contributed by atoms with van der Waals surface area (Å²) in [6, 6.07) is 10.8. The van der Waals surface area contributed by atoms with E-state index in [-0.39, 0.29) is 5.75 Å². The lowest BCUT2D eigenvalue weighted by molar-refractivity contribution is -0.134. The molecule has 0 atom stereocenters. The molecule has 0 saturated heterocycles. The fourth-order valence-electron chi connectivity index (χ4n) is 2.02. The van der Waals surface area contributed by atoms with Crippen molar-refractivity contribution >= 4 is 23.2 Å². The van der Waals surface area contributed by atoms with E-state index in [2.05, 4.69) is 5.32 Å². The maximum atomic E-state index is 12.2. The Balaban J connectivity index is 2.14. The molecule has 0 bridgehead atoms. The van der Waals surface area contributed by atoms with E-state index in [0.717, 1.165) is 0 Å².